The molecule has 0 saturated heterocycles. The molecule has 0 fully saturated rings. The molecule has 0 aliphatic carbocycles. The van der Waals surface area contributed by atoms with E-state index in [9.17, 15) is 4.79 Å². The number of benzene rings is 1. The zero-order chi connectivity index (χ0) is 11.8. The van der Waals surface area contributed by atoms with Crippen LogP contribution in [0.4, 0.5) is 0 Å². The molecule has 1 rings (SSSR count). The fourth-order valence-electron chi connectivity index (χ4n) is 1.27. The molecule has 0 heterocycles. The van der Waals surface area contributed by atoms with Crippen molar-refractivity contribution < 1.29 is 4.79 Å². The van der Waals surface area contributed by atoms with Gasteiger partial charge in [-0.15, -0.1) is 0 Å². The average molecular weight is 281 g/mol. The first kappa shape index (κ1) is 12.7. The van der Waals surface area contributed by atoms with Gasteiger partial charge in [-0.1, -0.05) is 12.1 Å². The van der Waals surface area contributed by atoms with Crippen molar-refractivity contribution in [1.82, 2.24) is 5.32 Å². The summed E-state index contributed by atoms with van der Waals surface area (Å²) in [4.78, 5) is 11.7. The lowest BCUT2D eigenvalue weighted by atomic mass is 10.2. The van der Waals surface area contributed by atoms with Crippen LogP contribution in [-0.4, -0.2) is 12.5 Å². The highest BCUT2D eigenvalue weighted by molar-refractivity contribution is 9.10. The van der Waals surface area contributed by atoms with Crippen LogP contribution in [0.25, 0.3) is 0 Å². The lowest BCUT2D eigenvalue weighted by molar-refractivity contribution is 0.0952. The van der Waals surface area contributed by atoms with Crippen LogP contribution in [0, 0.1) is 11.3 Å². The van der Waals surface area contributed by atoms with Gasteiger partial charge in [0.25, 0.3) is 5.91 Å². The first-order valence-corrected chi connectivity index (χ1v) is 5.94. The Morgan fingerprint density at radius 3 is 2.81 bits per heavy atom. The highest BCUT2D eigenvalue weighted by atomic mass is 79.9. The summed E-state index contributed by atoms with van der Waals surface area (Å²) in [6, 6.07) is 9.38. The van der Waals surface area contributed by atoms with E-state index in [1.807, 2.05) is 18.2 Å². The van der Waals surface area contributed by atoms with E-state index < -0.39 is 0 Å². The minimum atomic E-state index is -0.0792. The fraction of sp³-hybridized carbons (Fsp3) is 0.333. The van der Waals surface area contributed by atoms with Gasteiger partial charge in [0.15, 0.2) is 0 Å². The normalized spacial score (nSPS) is 9.50. The van der Waals surface area contributed by atoms with Gasteiger partial charge < -0.3 is 5.32 Å². The summed E-state index contributed by atoms with van der Waals surface area (Å²) >= 11 is 3.33. The molecule has 1 aromatic carbocycles. The lowest BCUT2D eigenvalue weighted by Gasteiger charge is -2.05. The predicted molar refractivity (Wildman–Crippen MR) is 65.9 cm³/mol. The molecule has 16 heavy (non-hydrogen) atoms. The van der Waals surface area contributed by atoms with E-state index in [-0.39, 0.29) is 5.91 Å². The molecule has 0 bridgehead atoms. The van der Waals surface area contributed by atoms with Crippen LogP contribution in [0.3, 0.4) is 0 Å². The minimum absolute atomic E-state index is 0.0792. The molecule has 84 valence electrons. The van der Waals surface area contributed by atoms with Gasteiger partial charge in [-0.3, -0.25) is 4.79 Å². The Hall–Kier alpha value is -1.34. The van der Waals surface area contributed by atoms with Crippen molar-refractivity contribution in [1.29, 1.82) is 5.26 Å². The van der Waals surface area contributed by atoms with Crippen LogP contribution in [-0.2, 0) is 0 Å². The van der Waals surface area contributed by atoms with E-state index in [4.69, 9.17) is 5.26 Å². The van der Waals surface area contributed by atoms with E-state index in [2.05, 4.69) is 27.3 Å². The highest BCUT2D eigenvalue weighted by Gasteiger charge is 2.07. The summed E-state index contributed by atoms with van der Waals surface area (Å²) in [6.45, 7) is 0.613. The van der Waals surface area contributed by atoms with Crippen molar-refractivity contribution in [3.63, 3.8) is 0 Å². The predicted octanol–water partition coefficient (Wildman–Crippen LogP) is 2.87. The summed E-state index contributed by atoms with van der Waals surface area (Å²) in [6.07, 6.45) is 2.21. The van der Waals surface area contributed by atoms with Gasteiger partial charge in [0.05, 0.1) is 11.6 Å². The summed E-state index contributed by atoms with van der Waals surface area (Å²) in [5, 5.41) is 11.2. The van der Waals surface area contributed by atoms with Crippen molar-refractivity contribution >= 4 is 21.8 Å². The Morgan fingerprint density at radius 2 is 2.12 bits per heavy atom. The number of unbranched alkanes of at least 4 members (excludes halogenated alkanes) is 2. The number of hydrogen-bond donors (Lipinski definition) is 1. The minimum Gasteiger partial charge on any atom is -0.352 e. The average Bonchev–Trinajstić information content (AvgIpc) is 2.29. The Morgan fingerprint density at radius 1 is 1.38 bits per heavy atom. The van der Waals surface area contributed by atoms with Gasteiger partial charge in [-0.2, -0.15) is 5.26 Å². The molecule has 0 atom stereocenters. The van der Waals surface area contributed by atoms with Gasteiger partial charge in [-0.05, 0) is 40.9 Å². The van der Waals surface area contributed by atoms with Crippen LogP contribution >= 0.6 is 15.9 Å². The number of hydrogen-bond acceptors (Lipinski definition) is 2. The SMILES string of the molecule is N#CCCCCNC(=O)c1ccccc1Br. The molecule has 0 aliphatic rings. The van der Waals surface area contributed by atoms with Crippen LogP contribution < -0.4 is 5.32 Å². The Bertz CT molecular complexity index is 398. The van der Waals surface area contributed by atoms with Gasteiger partial charge in [0.1, 0.15) is 0 Å². The van der Waals surface area contributed by atoms with Crippen molar-refractivity contribution in [2.75, 3.05) is 6.54 Å². The van der Waals surface area contributed by atoms with Gasteiger partial charge >= 0.3 is 0 Å². The van der Waals surface area contributed by atoms with Crippen LogP contribution in [0.2, 0.25) is 0 Å². The third-order valence-electron chi connectivity index (χ3n) is 2.12. The van der Waals surface area contributed by atoms with Gasteiger partial charge in [0.2, 0.25) is 0 Å². The summed E-state index contributed by atoms with van der Waals surface area (Å²) < 4.78 is 0.796. The molecule has 0 unspecified atom stereocenters. The number of halogens is 1. The van der Waals surface area contributed by atoms with E-state index in [0.717, 1.165) is 17.3 Å². The second-order valence-corrected chi connectivity index (χ2v) is 4.21. The molecule has 0 radical (unpaired) electrons. The maximum Gasteiger partial charge on any atom is 0.252 e. The van der Waals surface area contributed by atoms with Gasteiger partial charge in [0, 0.05) is 17.4 Å². The third-order valence-corrected chi connectivity index (χ3v) is 2.81. The first-order chi connectivity index (χ1) is 7.75. The lowest BCUT2D eigenvalue weighted by Crippen LogP contribution is -2.24. The standard InChI is InChI=1S/C12H13BrN2O/c13-11-7-3-2-6-10(11)12(16)15-9-5-1-4-8-14/h2-3,6-7H,1,4-5,9H2,(H,15,16). The number of nitrogens with zero attached hydrogens (tertiary/aromatic N) is 1. The molecule has 1 N–H and O–H groups in total. The van der Waals surface area contributed by atoms with Crippen LogP contribution in [0.15, 0.2) is 28.7 Å². The number of rotatable bonds is 5. The summed E-state index contributed by atoms with van der Waals surface area (Å²) in [5.74, 6) is -0.0792. The molecule has 0 aromatic heterocycles. The van der Waals surface area contributed by atoms with Crippen molar-refractivity contribution in [3.05, 3.63) is 34.3 Å². The van der Waals surface area contributed by atoms with Crippen LogP contribution in [0.5, 0.6) is 0 Å². The maximum absolute atomic E-state index is 11.7. The highest BCUT2D eigenvalue weighted by Crippen LogP contribution is 2.15. The first-order valence-electron chi connectivity index (χ1n) is 5.15. The molecule has 1 aromatic rings. The number of nitriles is 1. The van der Waals surface area contributed by atoms with E-state index in [0.29, 0.717) is 18.5 Å². The van der Waals surface area contributed by atoms with E-state index in [1.54, 1.807) is 6.07 Å². The zero-order valence-electron chi connectivity index (χ0n) is 8.87. The fourth-order valence-corrected chi connectivity index (χ4v) is 1.74. The smallest absolute Gasteiger partial charge is 0.252 e. The van der Waals surface area contributed by atoms with Crippen molar-refractivity contribution in [2.45, 2.75) is 19.3 Å². The molecule has 0 spiro atoms. The molecule has 3 nitrogen and oxygen atoms in total. The van der Waals surface area contributed by atoms with E-state index in [1.165, 1.54) is 0 Å². The monoisotopic (exact) mass is 280 g/mol. The third kappa shape index (κ3) is 4.03. The molecule has 0 saturated carbocycles. The molecule has 1 amide bonds. The van der Waals surface area contributed by atoms with Gasteiger partial charge in [-0.25, -0.2) is 0 Å². The number of nitrogens with one attached hydrogen (secondary N) is 1. The largest absolute Gasteiger partial charge is 0.352 e. The summed E-state index contributed by atoms with van der Waals surface area (Å²) in [5.41, 5.74) is 0.641. The molecular formula is C12H13BrN2O. The topological polar surface area (TPSA) is 52.9 Å². The zero-order valence-corrected chi connectivity index (χ0v) is 10.5. The molecule has 0 aliphatic heterocycles. The van der Waals surface area contributed by atoms with Crippen molar-refractivity contribution in [2.24, 2.45) is 0 Å². The number of carbonyl (C=O) groups excluding carboxylic acids is 1. The number of carbonyl (C=O) groups is 1. The molecular weight excluding hydrogens is 268 g/mol. The van der Waals surface area contributed by atoms with Crippen molar-refractivity contribution in [3.8, 4) is 6.07 Å². The Labute approximate surface area is 104 Å². The van der Waals surface area contributed by atoms with E-state index >= 15 is 0 Å². The maximum atomic E-state index is 11.7. The Balaban J connectivity index is 2.36. The quantitative estimate of drug-likeness (QED) is 0.844. The Kier molecular flexibility index (Phi) is 5.58. The molecule has 4 heteroatoms. The van der Waals surface area contributed by atoms with Crippen LogP contribution in [0.1, 0.15) is 29.6 Å². The number of amides is 1. The summed E-state index contributed by atoms with van der Waals surface area (Å²) in [7, 11) is 0. The second-order valence-electron chi connectivity index (χ2n) is 3.35. The second kappa shape index (κ2) is 7.02.